The number of rotatable bonds is 7. The maximum atomic E-state index is 13.9. The van der Waals surface area contributed by atoms with Crippen LogP contribution >= 0.6 is 0 Å². The Balaban J connectivity index is 1.62. The van der Waals surface area contributed by atoms with Gasteiger partial charge in [-0.25, -0.2) is 0 Å². The van der Waals surface area contributed by atoms with Gasteiger partial charge >= 0.3 is 0 Å². The molecule has 8 heteroatoms. The third kappa shape index (κ3) is 7.50. The predicted octanol–water partition coefficient (Wildman–Crippen LogP) is 4.39. The number of benzene rings is 2. The lowest BCUT2D eigenvalue weighted by Gasteiger charge is -2.30. The van der Waals surface area contributed by atoms with E-state index in [0.717, 1.165) is 53.2 Å². The molecule has 1 aromatic heterocycles. The van der Waals surface area contributed by atoms with Crippen LogP contribution in [0.15, 0.2) is 54.9 Å². The molecule has 2 aromatic carbocycles. The summed E-state index contributed by atoms with van der Waals surface area (Å²) in [5, 5.41) is 4.24. The van der Waals surface area contributed by atoms with Crippen molar-refractivity contribution in [2.24, 2.45) is 7.05 Å². The van der Waals surface area contributed by atoms with Gasteiger partial charge in [0.15, 0.2) is 0 Å². The van der Waals surface area contributed by atoms with Gasteiger partial charge in [0.1, 0.15) is 5.75 Å². The van der Waals surface area contributed by atoms with Crippen LogP contribution in [-0.2, 0) is 36.0 Å². The third-order valence-electron chi connectivity index (χ3n) is 7.72. The number of hydrogen-bond acceptors (Lipinski definition) is 5. The maximum Gasteiger partial charge on any atom is 0.231 e. The largest absolute Gasteiger partial charge is 0.497 e. The molecule has 3 aromatic rings. The summed E-state index contributed by atoms with van der Waals surface area (Å²) < 4.78 is 7.05. The summed E-state index contributed by atoms with van der Waals surface area (Å²) in [6.45, 7) is 9.87. The molecule has 0 spiro atoms. The summed E-state index contributed by atoms with van der Waals surface area (Å²) in [5.41, 5.74) is 5.00. The zero-order valence-corrected chi connectivity index (χ0v) is 24.6. The van der Waals surface area contributed by atoms with E-state index >= 15 is 0 Å². The van der Waals surface area contributed by atoms with E-state index in [4.69, 9.17) is 4.74 Å². The van der Waals surface area contributed by atoms with Crippen LogP contribution in [0.5, 0.6) is 5.75 Å². The Morgan fingerprint density at radius 1 is 0.975 bits per heavy atom. The number of hydrogen-bond donors (Lipinski definition) is 0. The second kappa shape index (κ2) is 13.6. The average molecular weight is 546 g/mol. The Hall–Kier alpha value is -3.65. The highest BCUT2D eigenvalue weighted by atomic mass is 16.5. The number of para-hydroxylation sites is 1. The van der Waals surface area contributed by atoms with Crippen LogP contribution < -0.4 is 9.64 Å². The number of aromatic nitrogens is 2. The number of methoxy groups -OCH3 is 1. The molecule has 0 bridgehead atoms. The third-order valence-corrected chi connectivity index (χ3v) is 7.72. The first-order valence-corrected chi connectivity index (χ1v) is 14.3. The van der Waals surface area contributed by atoms with E-state index in [9.17, 15) is 9.59 Å². The van der Waals surface area contributed by atoms with Crippen molar-refractivity contribution in [3.8, 4) is 5.75 Å². The highest BCUT2D eigenvalue weighted by Gasteiger charge is 2.25. The first-order valence-electron chi connectivity index (χ1n) is 14.3. The van der Waals surface area contributed by atoms with Crippen LogP contribution in [0.4, 0.5) is 5.69 Å². The Labute approximate surface area is 238 Å². The standard InChI is InChI=1S/C32H43N5O3/c1-24(2)35-16-7-17-37(31(39)20-26-10-13-29(40-5)14-11-26)32-25(3)8-6-9-28(32)23-36(19-18-35)30(38)15-12-27-21-33-34(4)22-27/h6,8-11,13-14,21-22,24H,7,12,15-20,23H2,1-5H3. The Morgan fingerprint density at radius 2 is 1.75 bits per heavy atom. The van der Waals surface area contributed by atoms with E-state index in [1.807, 2.05) is 59.6 Å². The van der Waals surface area contributed by atoms with E-state index in [1.54, 1.807) is 11.8 Å². The summed E-state index contributed by atoms with van der Waals surface area (Å²) in [5.74, 6) is 0.954. The zero-order valence-electron chi connectivity index (χ0n) is 24.6. The zero-order chi connectivity index (χ0) is 28.6. The fraction of sp³-hybridized carbons (Fsp3) is 0.469. The van der Waals surface area contributed by atoms with Crippen molar-refractivity contribution < 1.29 is 14.3 Å². The SMILES string of the molecule is COc1ccc(CC(=O)N2CCCN(C(C)C)CCN(C(=O)CCc3cnn(C)c3)Cc3cccc(C)c32)cc1. The lowest BCUT2D eigenvalue weighted by Crippen LogP contribution is -2.41. The van der Waals surface area contributed by atoms with E-state index < -0.39 is 0 Å². The van der Waals surface area contributed by atoms with Gasteiger partial charge in [0, 0.05) is 58.4 Å². The van der Waals surface area contributed by atoms with Crippen LogP contribution in [0, 0.1) is 6.92 Å². The number of amides is 2. The molecule has 40 heavy (non-hydrogen) atoms. The highest BCUT2D eigenvalue weighted by molar-refractivity contribution is 5.96. The number of anilines is 1. The second-order valence-electron chi connectivity index (χ2n) is 11.0. The lowest BCUT2D eigenvalue weighted by molar-refractivity contribution is -0.132. The summed E-state index contributed by atoms with van der Waals surface area (Å²) in [6, 6.07) is 14.2. The number of fused-ring (bicyclic) bond motifs is 1. The van der Waals surface area contributed by atoms with Gasteiger partial charge < -0.3 is 14.5 Å². The van der Waals surface area contributed by atoms with E-state index in [0.29, 0.717) is 44.9 Å². The van der Waals surface area contributed by atoms with Gasteiger partial charge in [-0.1, -0.05) is 30.3 Å². The van der Waals surface area contributed by atoms with Gasteiger partial charge in [-0.3, -0.25) is 19.2 Å². The number of ether oxygens (including phenoxy) is 1. The molecule has 214 valence electrons. The maximum absolute atomic E-state index is 13.9. The molecular weight excluding hydrogens is 502 g/mol. The van der Waals surface area contributed by atoms with Crippen LogP contribution in [-0.4, -0.2) is 70.7 Å². The first-order chi connectivity index (χ1) is 19.2. The van der Waals surface area contributed by atoms with Gasteiger partial charge in [0.05, 0.1) is 25.4 Å². The van der Waals surface area contributed by atoms with Crippen LogP contribution in [0.25, 0.3) is 0 Å². The monoisotopic (exact) mass is 545 g/mol. The molecule has 0 aliphatic carbocycles. The van der Waals surface area contributed by atoms with E-state index in [-0.39, 0.29) is 11.8 Å². The summed E-state index contributed by atoms with van der Waals surface area (Å²) in [4.78, 5) is 33.8. The van der Waals surface area contributed by atoms with Crippen molar-refractivity contribution in [2.45, 2.75) is 59.0 Å². The topological polar surface area (TPSA) is 70.9 Å². The van der Waals surface area contributed by atoms with Crippen molar-refractivity contribution >= 4 is 17.5 Å². The van der Waals surface area contributed by atoms with Crippen molar-refractivity contribution in [3.05, 3.63) is 77.1 Å². The average Bonchev–Trinajstić information content (AvgIpc) is 3.34. The normalized spacial score (nSPS) is 15.1. The Morgan fingerprint density at radius 3 is 2.42 bits per heavy atom. The first kappa shape index (κ1) is 29.3. The summed E-state index contributed by atoms with van der Waals surface area (Å²) in [7, 11) is 3.53. The molecule has 0 saturated carbocycles. The second-order valence-corrected chi connectivity index (χ2v) is 11.0. The summed E-state index contributed by atoms with van der Waals surface area (Å²) in [6.07, 6.45) is 6.03. The Bertz CT molecular complexity index is 1280. The lowest BCUT2D eigenvalue weighted by atomic mass is 10.0. The van der Waals surface area contributed by atoms with Crippen molar-refractivity contribution in [3.63, 3.8) is 0 Å². The molecule has 4 rings (SSSR count). The molecule has 2 amide bonds. The molecular formula is C32H43N5O3. The van der Waals surface area contributed by atoms with Crippen molar-refractivity contribution in [1.82, 2.24) is 19.6 Å². The molecule has 1 aliphatic heterocycles. The molecule has 0 saturated heterocycles. The van der Waals surface area contributed by atoms with E-state index in [2.05, 4.69) is 42.9 Å². The van der Waals surface area contributed by atoms with Gasteiger partial charge in [0.25, 0.3) is 0 Å². The summed E-state index contributed by atoms with van der Waals surface area (Å²) >= 11 is 0. The minimum atomic E-state index is 0.0607. The van der Waals surface area contributed by atoms with Crippen LogP contribution in [0.1, 0.15) is 48.9 Å². The fourth-order valence-corrected chi connectivity index (χ4v) is 5.43. The van der Waals surface area contributed by atoms with Crippen molar-refractivity contribution in [2.75, 3.05) is 38.2 Å². The molecule has 1 aliphatic rings. The van der Waals surface area contributed by atoms with Gasteiger partial charge in [-0.2, -0.15) is 5.10 Å². The van der Waals surface area contributed by atoms with E-state index in [1.165, 1.54) is 0 Å². The molecule has 8 nitrogen and oxygen atoms in total. The number of aryl methyl sites for hydroxylation is 3. The van der Waals surface area contributed by atoms with Crippen LogP contribution in [0.3, 0.4) is 0 Å². The highest BCUT2D eigenvalue weighted by Crippen LogP contribution is 2.29. The van der Waals surface area contributed by atoms with Crippen LogP contribution in [0.2, 0.25) is 0 Å². The fourth-order valence-electron chi connectivity index (χ4n) is 5.43. The minimum absolute atomic E-state index is 0.0607. The van der Waals surface area contributed by atoms with Gasteiger partial charge in [-0.05, 0) is 68.0 Å². The Kier molecular flexibility index (Phi) is 9.98. The molecule has 0 fully saturated rings. The number of nitrogens with zero attached hydrogens (tertiary/aromatic N) is 5. The number of carbonyl (C=O) groups excluding carboxylic acids is 2. The molecule has 0 unspecified atom stereocenters. The smallest absolute Gasteiger partial charge is 0.231 e. The number of carbonyl (C=O) groups is 2. The molecule has 0 N–H and O–H groups in total. The molecule has 2 heterocycles. The van der Waals surface area contributed by atoms with Gasteiger partial charge in [0.2, 0.25) is 11.8 Å². The van der Waals surface area contributed by atoms with Crippen molar-refractivity contribution in [1.29, 1.82) is 0 Å². The van der Waals surface area contributed by atoms with Gasteiger partial charge in [-0.15, -0.1) is 0 Å². The predicted molar refractivity (Wildman–Crippen MR) is 159 cm³/mol. The quantitative estimate of drug-likeness (QED) is 0.441. The molecule has 0 atom stereocenters. The minimum Gasteiger partial charge on any atom is -0.497 e. The molecule has 0 radical (unpaired) electrons.